The summed E-state index contributed by atoms with van der Waals surface area (Å²) in [6.07, 6.45) is -1.53. The van der Waals surface area contributed by atoms with E-state index in [1.807, 2.05) is 0 Å². The first-order chi connectivity index (χ1) is 12.8. The fourth-order valence-corrected chi connectivity index (χ4v) is 3.07. The Morgan fingerprint density at radius 3 is 2.52 bits per heavy atom. The second kappa shape index (κ2) is 7.57. The lowest BCUT2D eigenvalue weighted by atomic mass is 10.1. The number of alkyl halides is 3. The highest BCUT2D eigenvalue weighted by atomic mass is 35.5. The fourth-order valence-electron chi connectivity index (χ4n) is 2.18. The number of carbonyl (C=O) groups excluding carboxylic acids is 1. The summed E-state index contributed by atoms with van der Waals surface area (Å²) in [5.41, 5.74) is 0.0303. The number of nitrogens with zero attached hydrogens (tertiary/aromatic N) is 5. The van der Waals surface area contributed by atoms with Crippen molar-refractivity contribution in [1.29, 1.82) is 0 Å². The summed E-state index contributed by atoms with van der Waals surface area (Å²) in [6, 6.07) is 1.59. The summed E-state index contributed by atoms with van der Waals surface area (Å²) in [6.45, 7) is 3.88. The van der Waals surface area contributed by atoms with Crippen LogP contribution in [0.1, 0.15) is 34.6 Å². The van der Waals surface area contributed by atoms with Crippen molar-refractivity contribution >= 4 is 34.3 Å². The highest BCUT2D eigenvalue weighted by Crippen LogP contribution is 2.28. The normalized spacial score (nSPS) is 11.6. The summed E-state index contributed by atoms with van der Waals surface area (Å²) < 4.78 is 39.6. The zero-order valence-corrected chi connectivity index (χ0v) is 15.1. The minimum Gasteiger partial charge on any atom is -0.294 e. The number of Topliss-reactive ketones (excluding diaryl/α,β-unsaturated/α-hetero) is 1. The third-order valence-electron chi connectivity index (χ3n) is 3.56. The van der Waals surface area contributed by atoms with Crippen LogP contribution in [0.15, 0.2) is 36.7 Å². The summed E-state index contributed by atoms with van der Waals surface area (Å²) in [5.74, 6) is 0.0923. The summed E-state index contributed by atoms with van der Waals surface area (Å²) in [4.78, 5) is 23.6. The fraction of sp³-hybridized carbons (Fsp3) is 0.188. The molecule has 3 aromatic rings. The standard InChI is InChI=1S/C16H11ClF3N5OS/c1-9(2-3-12(26)10-4-13(17)27-7-10)14-23-8-24-25(14)15-21-5-11(6-22-15)16(18,19)20/h4-8H,1-3H2. The highest BCUT2D eigenvalue weighted by molar-refractivity contribution is 7.14. The Morgan fingerprint density at radius 2 is 1.93 bits per heavy atom. The van der Waals surface area contributed by atoms with Gasteiger partial charge in [0.15, 0.2) is 11.6 Å². The van der Waals surface area contributed by atoms with Crippen LogP contribution in [-0.4, -0.2) is 30.5 Å². The molecule has 3 heterocycles. The Balaban J connectivity index is 1.72. The number of halogens is 4. The first-order valence-corrected chi connectivity index (χ1v) is 8.76. The Morgan fingerprint density at radius 1 is 1.22 bits per heavy atom. The molecule has 3 aromatic heterocycles. The molecular formula is C16H11ClF3N5OS. The van der Waals surface area contributed by atoms with E-state index < -0.39 is 11.7 Å². The van der Waals surface area contributed by atoms with Gasteiger partial charge in [-0.25, -0.2) is 15.0 Å². The van der Waals surface area contributed by atoms with Crippen LogP contribution < -0.4 is 0 Å². The van der Waals surface area contributed by atoms with Gasteiger partial charge >= 0.3 is 6.18 Å². The first kappa shape index (κ1) is 19.2. The van der Waals surface area contributed by atoms with Crippen LogP contribution in [0.2, 0.25) is 4.34 Å². The maximum Gasteiger partial charge on any atom is 0.419 e. The van der Waals surface area contributed by atoms with Crippen LogP contribution in [-0.2, 0) is 6.18 Å². The van der Waals surface area contributed by atoms with Crippen LogP contribution in [0, 0.1) is 0 Å². The van der Waals surface area contributed by atoms with E-state index >= 15 is 0 Å². The zero-order valence-electron chi connectivity index (χ0n) is 13.6. The average Bonchev–Trinajstić information content (AvgIpc) is 3.28. The van der Waals surface area contributed by atoms with Crippen molar-refractivity contribution in [2.45, 2.75) is 19.0 Å². The Kier molecular flexibility index (Phi) is 5.38. The molecule has 0 aliphatic carbocycles. The molecule has 6 nitrogen and oxygen atoms in total. The molecule has 0 unspecified atom stereocenters. The maximum atomic E-state index is 12.6. The molecular weight excluding hydrogens is 403 g/mol. The second-order valence-electron chi connectivity index (χ2n) is 5.43. The Labute approximate surface area is 160 Å². The van der Waals surface area contributed by atoms with E-state index in [9.17, 15) is 18.0 Å². The number of carbonyl (C=O) groups is 1. The molecule has 0 spiro atoms. The van der Waals surface area contributed by atoms with Gasteiger partial charge in [0.2, 0.25) is 0 Å². The van der Waals surface area contributed by atoms with Crippen molar-refractivity contribution in [3.05, 3.63) is 58.0 Å². The molecule has 0 fully saturated rings. The molecule has 0 amide bonds. The predicted octanol–water partition coefficient (Wildman–Crippen LogP) is 4.47. The molecule has 27 heavy (non-hydrogen) atoms. The third kappa shape index (κ3) is 4.40. The molecule has 0 aromatic carbocycles. The SMILES string of the molecule is C=C(CCC(=O)c1csc(Cl)c1)c1ncnn1-c1ncc(C(F)(F)F)cn1. The lowest BCUT2D eigenvalue weighted by Gasteiger charge is -2.08. The topological polar surface area (TPSA) is 73.6 Å². The van der Waals surface area contributed by atoms with E-state index in [1.54, 1.807) is 11.4 Å². The van der Waals surface area contributed by atoms with Crippen LogP contribution in [0.25, 0.3) is 11.5 Å². The molecule has 0 N–H and O–H groups in total. The van der Waals surface area contributed by atoms with Crippen molar-refractivity contribution in [3.63, 3.8) is 0 Å². The quantitative estimate of drug-likeness (QED) is 0.557. The molecule has 11 heteroatoms. The van der Waals surface area contributed by atoms with Crippen LogP contribution in [0.4, 0.5) is 13.2 Å². The number of ketones is 1. The minimum atomic E-state index is -4.53. The summed E-state index contributed by atoms with van der Waals surface area (Å²) in [5, 5.41) is 5.60. The van der Waals surface area contributed by atoms with Gasteiger partial charge < -0.3 is 0 Å². The third-order valence-corrected chi connectivity index (χ3v) is 4.65. The molecule has 3 rings (SSSR count). The van der Waals surface area contributed by atoms with E-state index in [0.717, 1.165) is 0 Å². The molecule has 140 valence electrons. The van der Waals surface area contributed by atoms with Gasteiger partial charge in [-0.05, 0) is 18.1 Å². The molecule has 0 saturated heterocycles. The molecule has 0 atom stereocenters. The van der Waals surface area contributed by atoms with Crippen molar-refractivity contribution in [1.82, 2.24) is 24.7 Å². The molecule has 0 aliphatic rings. The van der Waals surface area contributed by atoms with Crippen LogP contribution in [0.3, 0.4) is 0 Å². The number of hydrogen-bond donors (Lipinski definition) is 0. The highest BCUT2D eigenvalue weighted by Gasteiger charge is 2.31. The van der Waals surface area contributed by atoms with Gasteiger partial charge in [-0.1, -0.05) is 18.2 Å². The van der Waals surface area contributed by atoms with Crippen molar-refractivity contribution in [2.75, 3.05) is 0 Å². The van der Waals surface area contributed by atoms with E-state index in [4.69, 9.17) is 11.6 Å². The zero-order chi connectivity index (χ0) is 19.6. The number of aromatic nitrogens is 5. The second-order valence-corrected chi connectivity index (χ2v) is 6.97. The van der Waals surface area contributed by atoms with Gasteiger partial charge in [-0.15, -0.1) is 11.3 Å². The lowest BCUT2D eigenvalue weighted by Crippen LogP contribution is -2.11. The number of allylic oxidation sites excluding steroid dienone is 1. The van der Waals surface area contributed by atoms with E-state index in [0.29, 0.717) is 27.9 Å². The molecule has 0 saturated carbocycles. The van der Waals surface area contributed by atoms with E-state index in [2.05, 4.69) is 26.6 Å². The first-order valence-electron chi connectivity index (χ1n) is 7.50. The summed E-state index contributed by atoms with van der Waals surface area (Å²) >= 11 is 7.09. The molecule has 0 aliphatic heterocycles. The number of thiophene rings is 1. The van der Waals surface area contributed by atoms with Gasteiger partial charge in [0, 0.05) is 29.8 Å². The Bertz CT molecular complexity index is 981. The van der Waals surface area contributed by atoms with Crippen molar-refractivity contribution in [3.8, 4) is 5.95 Å². The van der Waals surface area contributed by atoms with Gasteiger partial charge in [0.05, 0.1) is 9.90 Å². The van der Waals surface area contributed by atoms with E-state index in [1.165, 1.54) is 22.3 Å². The minimum absolute atomic E-state index is 0.0763. The monoisotopic (exact) mass is 413 g/mol. The Hall–Kier alpha value is -2.59. The van der Waals surface area contributed by atoms with E-state index in [-0.39, 0.29) is 30.4 Å². The lowest BCUT2D eigenvalue weighted by molar-refractivity contribution is -0.138. The average molecular weight is 414 g/mol. The number of hydrogen-bond acceptors (Lipinski definition) is 6. The molecule has 0 bridgehead atoms. The predicted molar refractivity (Wildman–Crippen MR) is 93.9 cm³/mol. The van der Waals surface area contributed by atoms with Gasteiger partial charge in [0.1, 0.15) is 6.33 Å². The van der Waals surface area contributed by atoms with Gasteiger partial charge in [-0.2, -0.15) is 23.0 Å². The maximum absolute atomic E-state index is 12.6. The van der Waals surface area contributed by atoms with Gasteiger partial charge in [0.25, 0.3) is 5.95 Å². The van der Waals surface area contributed by atoms with Crippen LogP contribution in [0.5, 0.6) is 0 Å². The van der Waals surface area contributed by atoms with Crippen LogP contribution >= 0.6 is 22.9 Å². The summed E-state index contributed by atoms with van der Waals surface area (Å²) in [7, 11) is 0. The largest absolute Gasteiger partial charge is 0.419 e. The molecule has 0 radical (unpaired) electrons. The van der Waals surface area contributed by atoms with Gasteiger partial charge in [-0.3, -0.25) is 4.79 Å². The smallest absolute Gasteiger partial charge is 0.294 e. The van der Waals surface area contributed by atoms with Crippen molar-refractivity contribution in [2.24, 2.45) is 0 Å². The van der Waals surface area contributed by atoms with Crippen molar-refractivity contribution < 1.29 is 18.0 Å². The number of rotatable bonds is 6.